The van der Waals surface area contributed by atoms with Crippen LogP contribution in [0.25, 0.3) is 11.0 Å². The first-order chi connectivity index (χ1) is 7.53. The Labute approximate surface area is 92.8 Å². The average molecular weight is 245 g/mol. The van der Waals surface area contributed by atoms with E-state index in [9.17, 15) is 8.78 Å². The van der Waals surface area contributed by atoms with Crippen LogP contribution in [0.4, 0.5) is 8.78 Å². The molecule has 0 saturated carbocycles. The molecule has 1 aliphatic rings. The Morgan fingerprint density at radius 1 is 1.12 bits per heavy atom. The standard InChI is InChI=1S/C9H3ClF2N2O2/c10-8-3-13-4-1-6-7(2-5(4)14-8)16-9(11,12)15-6/h1-3H. The highest BCUT2D eigenvalue weighted by molar-refractivity contribution is 6.29. The summed E-state index contributed by atoms with van der Waals surface area (Å²) in [5.74, 6) is -0.136. The van der Waals surface area contributed by atoms with Crippen LogP contribution < -0.4 is 9.47 Å². The first-order valence-electron chi connectivity index (χ1n) is 4.26. The molecule has 3 rings (SSSR count). The first kappa shape index (κ1) is 9.53. The average Bonchev–Trinajstić information content (AvgIpc) is 2.47. The lowest BCUT2D eigenvalue weighted by atomic mass is 10.2. The van der Waals surface area contributed by atoms with Gasteiger partial charge in [0, 0.05) is 12.1 Å². The maximum Gasteiger partial charge on any atom is 0.586 e. The van der Waals surface area contributed by atoms with Crippen molar-refractivity contribution in [1.29, 1.82) is 0 Å². The Bertz CT molecular complexity index is 591. The maximum atomic E-state index is 12.8. The van der Waals surface area contributed by atoms with Gasteiger partial charge in [0.1, 0.15) is 5.15 Å². The third kappa shape index (κ3) is 1.42. The minimum absolute atomic E-state index is 0.0610. The van der Waals surface area contributed by atoms with Crippen molar-refractivity contribution in [2.24, 2.45) is 0 Å². The number of aromatic nitrogens is 2. The van der Waals surface area contributed by atoms with Gasteiger partial charge < -0.3 is 9.47 Å². The van der Waals surface area contributed by atoms with E-state index < -0.39 is 6.29 Å². The van der Waals surface area contributed by atoms with E-state index in [-0.39, 0.29) is 16.7 Å². The molecular formula is C9H3ClF2N2O2. The fraction of sp³-hybridized carbons (Fsp3) is 0.111. The van der Waals surface area contributed by atoms with E-state index in [0.29, 0.717) is 11.0 Å². The highest BCUT2D eigenvalue weighted by Gasteiger charge is 2.43. The number of rotatable bonds is 0. The number of nitrogens with zero attached hydrogens (tertiary/aromatic N) is 2. The molecule has 2 heterocycles. The zero-order valence-corrected chi connectivity index (χ0v) is 8.33. The van der Waals surface area contributed by atoms with E-state index in [4.69, 9.17) is 11.6 Å². The van der Waals surface area contributed by atoms with Crippen LogP contribution in [-0.2, 0) is 0 Å². The number of hydrogen-bond acceptors (Lipinski definition) is 4. The number of ether oxygens (including phenoxy) is 2. The zero-order chi connectivity index (χ0) is 11.3. The summed E-state index contributed by atoms with van der Waals surface area (Å²) in [6, 6.07) is 2.64. The Hall–Kier alpha value is -1.69. The van der Waals surface area contributed by atoms with Gasteiger partial charge in [-0.1, -0.05) is 11.6 Å². The number of benzene rings is 1. The molecule has 0 radical (unpaired) electrons. The molecule has 0 saturated heterocycles. The molecule has 1 aliphatic heterocycles. The Kier molecular flexibility index (Phi) is 1.74. The van der Waals surface area contributed by atoms with Gasteiger partial charge in [-0.3, -0.25) is 4.98 Å². The van der Waals surface area contributed by atoms with Gasteiger partial charge in [0.15, 0.2) is 11.5 Å². The number of fused-ring (bicyclic) bond motifs is 2. The Balaban J connectivity index is 2.22. The van der Waals surface area contributed by atoms with Gasteiger partial charge in [0.2, 0.25) is 0 Å². The minimum Gasteiger partial charge on any atom is -0.395 e. The SMILES string of the molecule is FC1(F)Oc2cc3ncc(Cl)nc3cc2O1. The van der Waals surface area contributed by atoms with Crippen LogP contribution in [0.1, 0.15) is 0 Å². The van der Waals surface area contributed by atoms with Crippen molar-refractivity contribution in [3.8, 4) is 11.5 Å². The van der Waals surface area contributed by atoms with E-state index in [0.717, 1.165) is 0 Å². The summed E-state index contributed by atoms with van der Waals surface area (Å²) >= 11 is 5.63. The van der Waals surface area contributed by atoms with Gasteiger partial charge in [-0.15, -0.1) is 8.78 Å². The summed E-state index contributed by atoms with van der Waals surface area (Å²) in [7, 11) is 0. The van der Waals surface area contributed by atoms with E-state index in [1.54, 1.807) is 0 Å². The largest absolute Gasteiger partial charge is 0.586 e. The lowest BCUT2D eigenvalue weighted by molar-refractivity contribution is -0.286. The van der Waals surface area contributed by atoms with Gasteiger partial charge in [0.25, 0.3) is 0 Å². The Morgan fingerprint density at radius 2 is 1.75 bits per heavy atom. The Morgan fingerprint density at radius 3 is 2.44 bits per heavy atom. The van der Waals surface area contributed by atoms with E-state index in [1.807, 2.05) is 0 Å². The van der Waals surface area contributed by atoms with E-state index >= 15 is 0 Å². The molecule has 0 fully saturated rings. The van der Waals surface area contributed by atoms with Crippen molar-refractivity contribution < 1.29 is 18.3 Å². The highest BCUT2D eigenvalue weighted by Crippen LogP contribution is 2.42. The molecule has 4 nitrogen and oxygen atoms in total. The van der Waals surface area contributed by atoms with Gasteiger partial charge in [0.05, 0.1) is 17.2 Å². The van der Waals surface area contributed by atoms with Crippen molar-refractivity contribution >= 4 is 22.6 Å². The molecular weight excluding hydrogens is 242 g/mol. The normalized spacial score (nSPS) is 16.7. The molecule has 0 bridgehead atoms. The minimum atomic E-state index is -3.64. The van der Waals surface area contributed by atoms with Crippen LogP contribution in [0, 0.1) is 0 Å². The molecule has 0 aliphatic carbocycles. The van der Waals surface area contributed by atoms with Crippen molar-refractivity contribution in [3.05, 3.63) is 23.5 Å². The lowest BCUT2D eigenvalue weighted by Gasteiger charge is -2.04. The van der Waals surface area contributed by atoms with Crippen LogP contribution in [-0.4, -0.2) is 16.3 Å². The van der Waals surface area contributed by atoms with Crippen LogP contribution in [0.15, 0.2) is 18.3 Å². The number of alkyl halides is 2. The highest BCUT2D eigenvalue weighted by atomic mass is 35.5. The third-order valence-electron chi connectivity index (χ3n) is 2.04. The maximum absolute atomic E-state index is 12.8. The third-order valence-corrected chi connectivity index (χ3v) is 2.22. The van der Waals surface area contributed by atoms with Crippen molar-refractivity contribution in [3.63, 3.8) is 0 Å². The molecule has 0 unspecified atom stereocenters. The van der Waals surface area contributed by atoms with Gasteiger partial charge >= 0.3 is 6.29 Å². The second-order valence-corrected chi connectivity index (χ2v) is 3.54. The summed E-state index contributed by atoms with van der Waals surface area (Å²) in [6.45, 7) is 0. The molecule has 1 aromatic heterocycles. The quantitative estimate of drug-likeness (QED) is 0.715. The van der Waals surface area contributed by atoms with Crippen molar-refractivity contribution in [2.75, 3.05) is 0 Å². The molecule has 0 N–H and O–H groups in total. The smallest absolute Gasteiger partial charge is 0.395 e. The van der Waals surface area contributed by atoms with Crippen LogP contribution in [0.3, 0.4) is 0 Å². The second kappa shape index (κ2) is 2.91. The van der Waals surface area contributed by atoms with Crippen molar-refractivity contribution in [2.45, 2.75) is 6.29 Å². The summed E-state index contributed by atoms with van der Waals surface area (Å²) in [6.07, 6.45) is -2.31. The summed E-state index contributed by atoms with van der Waals surface area (Å²) in [4.78, 5) is 7.85. The lowest BCUT2D eigenvalue weighted by Crippen LogP contribution is -2.25. The van der Waals surface area contributed by atoms with Crippen LogP contribution >= 0.6 is 11.6 Å². The van der Waals surface area contributed by atoms with Crippen LogP contribution in [0.5, 0.6) is 11.5 Å². The van der Waals surface area contributed by atoms with E-state index in [2.05, 4.69) is 19.4 Å². The zero-order valence-electron chi connectivity index (χ0n) is 7.58. The fourth-order valence-corrected chi connectivity index (χ4v) is 1.57. The molecule has 0 amide bonds. The molecule has 16 heavy (non-hydrogen) atoms. The second-order valence-electron chi connectivity index (χ2n) is 3.15. The molecule has 1 aromatic carbocycles. The number of halogens is 3. The monoisotopic (exact) mass is 244 g/mol. The molecule has 0 atom stereocenters. The predicted molar refractivity (Wildman–Crippen MR) is 50.8 cm³/mol. The fourth-order valence-electron chi connectivity index (χ4n) is 1.43. The van der Waals surface area contributed by atoms with Gasteiger partial charge in [-0.05, 0) is 0 Å². The summed E-state index contributed by atoms with van der Waals surface area (Å²) in [5.41, 5.74) is 0.775. The molecule has 0 spiro atoms. The molecule has 7 heteroatoms. The topological polar surface area (TPSA) is 44.2 Å². The van der Waals surface area contributed by atoms with Crippen molar-refractivity contribution in [1.82, 2.24) is 9.97 Å². The first-order valence-corrected chi connectivity index (χ1v) is 4.63. The predicted octanol–water partition coefficient (Wildman–Crippen LogP) is 2.60. The number of hydrogen-bond donors (Lipinski definition) is 0. The summed E-state index contributed by atoms with van der Waals surface area (Å²) in [5, 5.41) is 0.179. The van der Waals surface area contributed by atoms with Crippen LogP contribution in [0.2, 0.25) is 5.15 Å². The molecule has 2 aromatic rings. The van der Waals surface area contributed by atoms with Gasteiger partial charge in [-0.2, -0.15) is 0 Å². The molecule has 82 valence electrons. The van der Waals surface area contributed by atoms with E-state index in [1.165, 1.54) is 18.3 Å². The summed E-state index contributed by atoms with van der Waals surface area (Å²) < 4.78 is 34.1. The van der Waals surface area contributed by atoms with Gasteiger partial charge in [-0.25, -0.2) is 4.98 Å².